The summed E-state index contributed by atoms with van der Waals surface area (Å²) >= 11 is 5.92. The highest BCUT2D eigenvalue weighted by Gasteiger charge is 2.18. The third-order valence-electron chi connectivity index (χ3n) is 4.70. The Labute approximate surface area is 182 Å². The molecule has 0 saturated heterocycles. The number of nitrogens with zero attached hydrogens (tertiary/aromatic N) is 6. The van der Waals surface area contributed by atoms with E-state index in [1.165, 1.54) is 6.33 Å². The molecular formula is C22H16ClN7O. The smallest absolute Gasteiger partial charge is 0.276 e. The first-order valence-corrected chi connectivity index (χ1v) is 9.85. The van der Waals surface area contributed by atoms with Crippen molar-refractivity contribution in [3.63, 3.8) is 0 Å². The molecule has 1 aromatic carbocycles. The molecule has 0 unspecified atom stereocenters. The Morgan fingerprint density at radius 3 is 2.71 bits per heavy atom. The fraction of sp³-hybridized carbons (Fsp3) is 0.0455. The average molecular weight is 430 g/mol. The lowest BCUT2D eigenvalue weighted by Crippen LogP contribution is -2.13. The standard InChI is InChI=1S/C22H16ClN7O/c1-14-3-2-4-21(26-14)30-19(15-5-10-20-24-13-25-29(20)12-15)11-18(28-30)22(31)27-17-8-6-16(23)7-9-17/h2-13H,1H3,(H,27,31). The van der Waals surface area contributed by atoms with E-state index in [1.54, 1.807) is 39.5 Å². The van der Waals surface area contributed by atoms with Crippen molar-refractivity contribution in [3.05, 3.63) is 89.6 Å². The average Bonchev–Trinajstić information content (AvgIpc) is 3.42. The Bertz CT molecular complexity index is 1410. The third kappa shape index (κ3) is 3.76. The number of fused-ring (bicyclic) bond motifs is 1. The van der Waals surface area contributed by atoms with Crippen LogP contribution in [0.15, 0.2) is 73.2 Å². The van der Waals surface area contributed by atoms with Gasteiger partial charge in [-0.25, -0.2) is 19.2 Å². The van der Waals surface area contributed by atoms with E-state index >= 15 is 0 Å². The van der Waals surface area contributed by atoms with Gasteiger partial charge in [0.25, 0.3) is 5.91 Å². The highest BCUT2D eigenvalue weighted by molar-refractivity contribution is 6.30. The van der Waals surface area contributed by atoms with E-state index in [0.717, 1.165) is 16.9 Å². The van der Waals surface area contributed by atoms with E-state index in [-0.39, 0.29) is 11.6 Å². The molecule has 0 aliphatic heterocycles. The van der Waals surface area contributed by atoms with Crippen LogP contribution in [-0.2, 0) is 0 Å². The Morgan fingerprint density at radius 1 is 1.06 bits per heavy atom. The lowest BCUT2D eigenvalue weighted by atomic mass is 10.2. The van der Waals surface area contributed by atoms with Crippen molar-refractivity contribution < 1.29 is 4.79 Å². The molecule has 31 heavy (non-hydrogen) atoms. The molecule has 0 fully saturated rings. The number of hydrogen-bond donors (Lipinski definition) is 1. The quantitative estimate of drug-likeness (QED) is 0.462. The number of nitrogens with one attached hydrogen (secondary N) is 1. The van der Waals surface area contributed by atoms with Crippen molar-refractivity contribution >= 4 is 28.8 Å². The number of carbonyl (C=O) groups excluding carboxylic acids is 1. The maximum Gasteiger partial charge on any atom is 0.276 e. The van der Waals surface area contributed by atoms with Crippen molar-refractivity contribution in [1.82, 2.24) is 29.4 Å². The molecule has 0 aliphatic carbocycles. The number of amides is 1. The summed E-state index contributed by atoms with van der Waals surface area (Å²) in [4.78, 5) is 21.6. The topological polar surface area (TPSA) is 90.0 Å². The molecule has 1 N–H and O–H groups in total. The van der Waals surface area contributed by atoms with Crippen molar-refractivity contribution in [2.75, 3.05) is 5.32 Å². The molecule has 8 nitrogen and oxygen atoms in total. The number of rotatable bonds is 4. The Balaban J connectivity index is 1.59. The van der Waals surface area contributed by atoms with Crippen LogP contribution in [0.25, 0.3) is 22.7 Å². The monoisotopic (exact) mass is 429 g/mol. The SMILES string of the molecule is Cc1cccc(-n2nc(C(=O)Nc3ccc(Cl)cc3)cc2-c2ccc3ncnn3c2)n1. The van der Waals surface area contributed by atoms with Gasteiger partial charge in [0, 0.05) is 28.2 Å². The fourth-order valence-corrected chi connectivity index (χ4v) is 3.34. The lowest BCUT2D eigenvalue weighted by molar-refractivity contribution is 0.102. The number of anilines is 1. The van der Waals surface area contributed by atoms with Gasteiger partial charge in [-0.05, 0) is 61.5 Å². The summed E-state index contributed by atoms with van der Waals surface area (Å²) in [5, 5.41) is 12.2. The molecular weight excluding hydrogens is 414 g/mol. The van der Waals surface area contributed by atoms with Gasteiger partial charge in [-0.1, -0.05) is 17.7 Å². The highest BCUT2D eigenvalue weighted by atomic mass is 35.5. The molecule has 152 valence electrons. The molecule has 4 aromatic heterocycles. The van der Waals surface area contributed by atoms with Gasteiger partial charge in [0.05, 0.1) is 5.69 Å². The normalized spacial score (nSPS) is 11.0. The molecule has 0 spiro atoms. The number of aryl methyl sites for hydroxylation is 1. The lowest BCUT2D eigenvalue weighted by Gasteiger charge is -2.07. The van der Waals surface area contributed by atoms with Gasteiger partial charge < -0.3 is 5.32 Å². The molecule has 4 heterocycles. The van der Waals surface area contributed by atoms with E-state index in [0.29, 0.717) is 22.2 Å². The predicted molar refractivity (Wildman–Crippen MR) is 117 cm³/mol. The fourth-order valence-electron chi connectivity index (χ4n) is 3.22. The number of halogens is 1. The van der Waals surface area contributed by atoms with Crippen molar-refractivity contribution in [1.29, 1.82) is 0 Å². The van der Waals surface area contributed by atoms with E-state index < -0.39 is 0 Å². The van der Waals surface area contributed by atoms with Crippen LogP contribution in [-0.4, -0.2) is 35.3 Å². The van der Waals surface area contributed by atoms with Gasteiger partial charge in [-0.2, -0.15) is 10.2 Å². The zero-order valence-corrected chi connectivity index (χ0v) is 17.2. The first kappa shape index (κ1) is 19.0. The number of carbonyl (C=O) groups is 1. The largest absolute Gasteiger partial charge is 0.321 e. The molecule has 0 saturated carbocycles. The van der Waals surface area contributed by atoms with Crippen LogP contribution in [0.3, 0.4) is 0 Å². The second kappa shape index (κ2) is 7.66. The Kier molecular flexibility index (Phi) is 4.68. The van der Waals surface area contributed by atoms with Crippen LogP contribution in [0.5, 0.6) is 0 Å². The second-order valence-corrected chi connectivity index (χ2v) is 7.34. The summed E-state index contributed by atoms with van der Waals surface area (Å²) in [7, 11) is 0. The van der Waals surface area contributed by atoms with Crippen LogP contribution in [0.4, 0.5) is 5.69 Å². The number of hydrogen-bond acceptors (Lipinski definition) is 5. The predicted octanol–water partition coefficient (Wildman–Crippen LogP) is 4.19. The second-order valence-electron chi connectivity index (χ2n) is 6.91. The molecule has 1 amide bonds. The summed E-state index contributed by atoms with van der Waals surface area (Å²) in [6, 6.07) is 18.0. The first-order chi connectivity index (χ1) is 15.1. The molecule has 0 aliphatic rings. The zero-order chi connectivity index (χ0) is 21.4. The van der Waals surface area contributed by atoms with Gasteiger partial charge in [0.15, 0.2) is 17.2 Å². The van der Waals surface area contributed by atoms with Crippen LogP contribution in [0.2, 0.25) is 5.02 Å². The summed E-state index contributed by atoms with van der Waals surface area (Å²) < 4.78 is 3.33. The highest BCUT2D eigenvalue weighted by Crippen LogP contribution is 2.24. The van der Waals surface area contributed by atoms with Crippen LogP contribution < -0.4 is 5.32 Å². The van der Waals surface area contributed by atoms with Gasteiger partial charge in [0.1, 0.15) is 6.33 Å². The first-order valence-electron chi connectivity index (χ1n) is 9.48. The van der Waals surface area contributed by atoms with Crippen molar-refractivity contribution in [2.45, 2.75) is 6.92 Å². The number of pyridine rings is 2. The minimum atomic E-state index is -0.336. The Hall–Kier alpha value is -4.04. The molecule has 5 aromatic rings. The van der Waals surface area contributed by atoms with Crippen molar-refractivity contribution in [2.24, 2.45) is 0 Å². The molecule has 0 radical (unpaired) electrons. The minimum absolute atomic E-state index is 0.256. The van der Waals surface area contributed by atoms with Gasteiger partial charge in [-0.3, -0.25) is 4.79 Å². The van der Waals surface area contributed by atoms with Crippen LogP contribution in [0.1, 0.15) is 16.2 Å². The summed E-state index contributed by atoms with van der Waals surface area (Å²) in [6.45, 7) is 1.91. The number of benzene rings is 1. The van der Waals surface area contributed by atoms with Gasteiger partial charge in [-0.15, -0.1) is 0 Å². The van der Waals surface area contributed by atoms with Crippen LogP contribution in [0, 0.1) is 6.92 Å². The van der Waals surface area contributed by atoms with Crippen LogP contribution >= 0.6 is 11.6 Å². The summed E-state index contributed by atoms with van der Waals surface area (Å²) in [6.07, 6.45) is 3.33. The van der Waals surface area contributed by atoms with E-state index in [1.807, 2.05) is 43.5 Å². The summed E-state index contributed by atoms with van der Waals surface area (Å²) in [5.74, 6) is 0.274. The maximum absolute atomic E-state index is 12.9. The molecule has 9 heteroatoms. The van der Waals surface area contributed by atoms with Gasteiger partial charge >= 0.3 is 0 Å². The summed E-state index contributed by atoms with van der Waals surface area (Å²) in [5.41, 5.74) is 3.98. The van der Waals surface area contributed by atoms with Gasteiger partial charge in [0.2, 0.25) is 0 Å². The molecule has 0 bridgehead atoms. The van der Waals surface area contributed by atoms with E-state index in [2.05, 4.69) is 25.5 Å². The Morgan fingerprint density at radius 2 is 1.90 bits per heavy atom. The third-order valence-corrected chi connectivity index (χ3v) is 4.96. The molecule has 0 atom stereocenters. The molecule has 5 rings (SSSR count). The van der Waals surface area contributed by atoms with E-state index in [4.69, 9.17) is 11.6 Å². The van der Waals surface area contributed by atoms with Crippen molar-refractivity contribution in [3.8, 4) is 17.1 Å². The maximum atomic E-state index is 12.9. The zero-order valence-electron chi connectivity index (χ0n) is 16.4. The number of aromatic nitrogens is 6. The van der Waals surface area contributed by atoms with E-state index in [9.17, 15) is 4.79 Å². The minimum Gasteiger partial charge on any atom is -0.321 e.